The molecular weight excluding hydrogens is 841 g/mol. The first kappa shape index (κ1) is 65.1. The summed E-state index contributed by atoms with van der Waals surface area (Å²) in [4.78, 5) is 38.2. The van der Waals surface area contributed by atoms with Crippen LogP contribution < -0.4 is 0 Å². The molecule has 0 aliphatic heterocycles. The Morgan fingerprint density at radius 3 is 0.868 bits per heavy atom. The molecule has 0 aliphatic carbocycles. The number of esters is 3. The lowest BCUT2D eigenvalue weighted by molar-refractivity contribution is -0.167. The first-order chi connectivity index (χ1) is 33.5. The van der Waals surface area contributed by atoms with E-state index in [2.05, 4.69) is 81.5 Å². The average Bonchev–Trinajstić information content (AvgIpc) is 3.34. The highest BCUT2D eigenvalue weighted by Crippen LogP contribution is 2.16. The number of carbonyl (C=O) groups excluding carboxylic acids is 3. The van der Waals surface area contributed by atoms with Gasteiger partial charge >= 0.3 is 17.9 Å². The molecular formula is C62H110O6. The van der Waals surface area contributed by atoms with Crippen molar-refractivity contribution in [2.24, 2.45) is 0 Å². The quantitative estimate of drug-likeness (QED) is 0.0262. The Kier molecular flexibility index (Phi) is 54.3. The Hall–Kier alpha value is -2.89. The summed E-state index contributed by atoms with van der Waals surface area (Å²) in [5.74, 6) is -0.908. The zero-order valence-electron chi connectivity index (χ0n) is 45.1. The van der Waals surface area contributed by atoms with Crippen LogP contribution in [-0.2, 0) is 28.6 Å². The van der Waals surface area contributed by atoms with Crippen molar-refractivity contribution in [1.82, 2.24) is 0 Å². The summed E-state index contributed by atoms with van der Waals surface area (Å²) >= 11 is 0. The summed E-state index contributed by atoms with van der Waals surface area (Å²) < 4.78 is 16.9. The van der Waals surface area contributed by atoms with Crippen LogP contribution in [0.1, 0.15) is 297 Å². The Morgan fingerprint density at radius 1 is 0.294 bits per heavy atom. The molecule has 0 aromatic heterocycles. The zero-order valence-corrected chi connectivity index (χ0v) is 45.1. The van der Waals surface area contributed by atoms with Crippen LogP contribution in [0.2, 0.25) is 0 Å². The zero-order chi connectivity index (χ0) is 49.3. The van der Waals surface area contributed by atoms with Crippen LogP contribution in [0.5, 0.6) is 0 Å². The molecule has 0 rings (SSSR count). The smallest absolute Gasteiger partial charge is 0.306 e. The molecule has 0 amide bonds. The van der Waals surface area contributed by atoms with Gasteiger partial charge in [0.2, 0.25) is 0 Å². The van der Waals surface area contributed by atoms with Gasteiger partial charge < -0.3 is 14.2 Å². The highest BCUT2D eigenvalue weighted by Gasteiger charge is 2.19. The number of rotatable bonds is 53. The molecule has 394 valence electrons. The molecule has 68 heavy (non-hydrogen) atoms. The monoisotopic (exact) mass is 951 g/mol. The Morgan fingerprint density at radius 2 is 0.529 bits per heavy atom. The van der Waals surface area contributed by atoms with Crippen molar-refractivity contribution in [3.63, 3.8) is 0 Å². The third kappa shape index (κ3) is 54.1. The van der Waals surface area contributed by atoms with Crippen LogP contribution in [0.4, 0.5) is 0 Å². The molecule has 0 radical (unpaired) electrons. The minimum absolute atomic E-state index is 0.0848. The number of allylic oxidation sites excluding steroid dienone is 10. The fourth-order valence-corrected chi connectivity index (χ4v) is 8.30. The van der Waals surface area contributed by atoms with Crippen molar-refractivity contribution in [2.45, 2.75) is 303 Å². The standard InChI is InChI=1S/C62H110O6/c1-4-7-10-13-16-19-22-25-28-31-34-36-39-42-45-48-51-54-60(63)66-57-59(68-62(65)56-53-50-47-44-41-38-33-30-27-24-21-18-15-12-9-6-3)58-67-61(64)55-52-49-46-43-40-37-35-32-29-26-23-20-17-14-11-8-5-2/h16,19,21,24-25,28,30,33-34,36,59H,4-15,17-18,20,22-23,26-27,29,31-32,35,37-58H2,1-3H3/b19-16-,24-21-,28-25-,33-30-,36-34-. The van der Waals surface area contributed by atoms with Gasteiger partial charge in [-0.05, 0) is 89.9 Å². The summed E-state index contributed by atoms with van der Waals surface area (Å²) in [5.41, 5.74) is 0. The molecule has 0 bridgehead atoms. The second-order valence-electron chi connectivity index (χ2n) is 19.6. The van der Waals surface area contributed by atoms with Gasteiger partial charge in [-0.1, -0.05) is 248 Å². The van der Waals surface area contributed by atoms with E-state index in [0.717, 1.165) is 109 Å². The third-order valence-electron chi connectivity index (χ3n) is 12.7. The summed E-state index contributed by atoms with van der Waals surface area (Å²) in [5, 5.41) is 0. The topological polar surface area (TPSA) is 78.9 Å². The number of carbonyl (C=O) groups is 3. The van der Waals surface area contributed by atoms with E-state index < -0.39 is 6.10 Å². The number of unbranched alkanes of at least 4 members (excludes halogenated alkanes) is 32. The van der Waals surface area contributed by atoms with Gasteiger partial charge in [0.1, 0.15) is 13.2 Å². The molecule has 0 aliphatic rings. The van der Waals surface area contributed by atoms with Crippen LogP contribution in [0.25, 0.3) is 0 Å². The lowest BCUT2D eigenvalue weighted by Gasteiger charge is -2.18. The van der Waals surface area contributed by atoms with Crippen LogP contribution >= 0.6 is 0 Å². The minimum Gasteiger partial charge on any atom is -0.462 e. The maximum Gasteiger partial charge on any atom is 0.306 e. The summed E-state index contributed by atoms with van der Waals surface area (Å²) in [7, 11) is 0. The van der Waals surface area contributed by atoms with Crippen molar-refractivity contribution in [1.29, 1.82) is 0 Å². The van der Waals surface area contributed by atoms with Crippen LogP contribution in [0, 0.1) is 0 Å². The second-order valence-corrected chi connectivity index (χ2v) is 19.6. The predicted molar refractivity (Wildman–Crippen MR) is 293 cm³/mol. The van der Waals surface area contributed by atoms with Crippen molar-refractivity contribution in [3.8, 4) is 0 Å². The highest BCUT2D eigenvalue weighted by atomic mass is 16.6. The van der Waals surface area contributed by atoms with E-state index in [9.17, 15) is 14.4 Å². The number of hydrogen-bond acceptors (Lipinski definition) is 6. The molecule has 1 unspecified atom stereocenters. The van der Waals surface area contributed by atoms with E-state index >= 15 is 0 Å². The SMILES string of the molecule is CCCCC/C=C\C/C=C\C/C=C\CCCCCCC(=O)OCC(COC(=O)CCCCCCCCCCCCCCCCCCC)OC(=O)CCCCCCC/C=C\C/C=C\CCCCCC. The lowest BCUT2D eigenvalue weighted by Crippen LogP contribution is -2.30. The van der Waals surface area contributed by atoms with E-state index in [1.807, 2.05) is 0 Å². The Labute approximate surface area is 421 Å². The average molecular weight is 952 g/mol. The molecule has 6 nitrogen and oxygen atoms in total. The first-order valence-corrected chi connectivity index (χ1v) is 29.3. The molecule has 0 fully saturated rings. The van der Waals surface area contributed by atoms with Gasteiger partial charge in [-0.3, -0.25) is 14.4 Å². The minimum atomic E-state index is -0.790. The maximum absolute atomic E-state index is 12.9. The third-order valence-corrected chi connectivity index (χ3v) is 12.7. The summed E-state index contributed by atoms with van der Waals surface area (Å²) in [6, 6.07) is 0. The van der Waals surface area contributed by atoms with Crippen LogP contribution in [-0.4, -0.2) is 37.2 Å². The van der Waals surface area contributed by atoms with E-state index in [4.69, 9.17) is 14.2 Å². The van der Waals surface area contributed by atoms with Gasteiger partial charge in [0.05, 0.1) is 0 Å². The van der Waals surface area contributed by atoms with Gasteiger partial charge in [-0.15, -0.1) is 0 Å². The normalized spacial score (nSPS) is 12.5. The van der Waals surface area contributed by atoms with Crippen LogP contribution in [0.15, 0.2) is 60.8 Å². The Balaban J connectivity index is 4.42. The van der Waals surface area contributed by atoms with E-state index in [-0.39, 0.29) is 31.1 Å². The molecule has 0 aromatic rings. The van der Waals surface area contributed by atoms with Gasteiger partial charge in [-0.25, -0.2) is 0 Å². The molecule has 6 heteroatoms. The fourth-order valence-electron chi connectivity index (χ4n) is 8.30. The van der Waals surface area contributed by atoms with Gasteiger partial charge in [0, 0.05) is 19.3 Å². The molecule has 0 spiro atoms. The number of ether oxygens (including phenoxy) is 3. The molecule has 0 heterocycles. The van der Waals surface area contributed by atoms with Gasteiger partial charge in [-0.2, -0.15) is 0 Å². The summed E-state index contributed by atoms with van der Waals surface area (Å²) in [6.07, 6.45) is 70.6. The van der Waals surface area contributed by atoms with Gasteiger partial charge in [0.15, 0.2) is 6.10 Å². The van der Waals surface area contributed by atoms with Crippen molar-refractivity contribution in [2.75, 3.05) is 13.2 Å². The van der Waals surface area contributed by atoms with E-state index in [0.29, 0.717) is 19.3 Å². The van der Waals surface area contributed by atoms with E-state index in [1.165, 1.54) is 148 Å². The predicted octanol–water partition coefficient (Wildman–Crippen LogP) is 19.6. The summed E-state index contributed by atoms with van der Waals surface area (Å²) in [6.45, 7) is 6.60. The maximum atomic E-state index is 12.9. The van der Waals surface area contributed by atoms with Crippen LogP contribution in [0.3, 0.4) is 0 Å². The number of hydrogen-bond donors (Lipinski definition) is 0. The van der Waals surface area contributed by atoms with Gasteiger partial charge in [0.25, 0.3) is 0 Å². The van der Waals surface area contributed by atoms with Crippen molar-refractivity contribution in [3.05, 3.63) is 60.8 Å². The lowest BCUT2D eigenvalue weighted by atomic mass is 10.0. The van der Waals surface area contributed by atoms with Crippen molar-refractivity contribution >= 4 is 17.9 Å². The first-order valence-electron chi connectivity index (χ1n) is 29.3. The molecule has 0 saturated heterocycles. The molecule has 0 aromatic carbocycles. The molecule has 1 atom stereocenters. The molecule has 0 saturated carbocycles. The highest BCUT2D eigenvalue weighted by molar-refractivity contribution is 5.71. The van der Waals surface area contributed by atoms with E-state index in [1.54, 1.807) is 0 Å². The van der Waals surface area contributed by atoms with Crippen molar-refractivity contribution < 1.29 is 28.6 Å². The Bertz CT molecular complexity index is 1230. The largest absolute Gasteiger partial charge is 0.462 e. The second kappa shape index (κ2) is 56.7. The molecule has 0 N–H and O–H groups in total. The fraction of sp³-hybridized carbons (Fsp3) is 0.790.